The molecule has 2 aliphatic rings. The maximum Gasteiger partial charge on any atom is 0.274 e. The maximum atomic E-state index is 13.0. The predicted molar refractivity (Wildman–Crippen MR) is 125 cm³/mol. The largest absolute Gasteiger partial charge is 0.503 e. The molecule has 166 valence electrons. The summed E-state index contributed by atoms with van der Waals surface area (Å²) < 4.78 is 1.86. The molecule has 3 aromatic rings. The number of carbonyl (C=O) groups is 1. The fraction of sp³-hybridized carbons (Fsp3) is 0.385. The number of carbonyl (C=O) groups excluding carboxylic acids is 1. The molecule has 0 radical (unpaired) electrons. The second-order valence-corrected chi connectivity index (χ2v) is 9.22. The first kappa shape index (κ1) is 20.8. The molecule has 0 bridgehead atoms. The Kier molecular flexibility index (Phi) is 5.25. The number of hydrogen-bond donors (Lipinski definition) is 1. The van der Waals surface area contributed by atoms with E-state index in [9.17, 15) is 14.7 Å². The van der Waals surface area contributed by atoms with Crippen molar-refractivity contribution >= 4 is 16.7 Å². The summed E-state index contributed by atoms with van der Waals surface area (Å²) in [5.74, 6) is -0.703. The molecule has 1 N–H and O–H groups in total. The number of aromatic nitrogens is 1. The van der Waals surface area contributed by atoms with Crippen LogP contribution >= 0.6 is 0 Å². The number of aromatic hydroxyl groups is 1. The molecule has 6 heteroatoms. The van der Waals surface area contributed by atoms with Gasteiger partial charge in [0.1, 0.15) is 0 Å². The van der Waals surface area contributed by atoms with E-state index < -0.39 is 11.2 Å². The molecular formula is C26H29N3O3. The van der Waals surface area contributed by atoms with E-state index in [1.165, 1.54) is 22.4 Å². The van der Waals surface area contributed by atoms with E-state index in [1.54, 1.807) is 4.90 Å². The Balaban J connectivity index is 1.50. The van der Waals surface area contributed by atoms with Crippen LogP contribution in [0, 0.1) is 0 Å². The third-order valence-electron chi connectivity index (χ3n) is 6.71. The first-order chi connectivity index (χ1) is 15.4. The van der Waals surface area contributed by atoms with Crippen molar-refractivity contribution < 1.29 is 9.90 Å². The summed E-state index contributed by atoms with van der Waals surface area (Å²) >= 11 is 0. The number of amides is 1. The Morgan fingerprint density at radius 3 is 2.53 bits per heavy atom. The van der Waals surface area contributed by atoms with Gasteiger partial charge in [0.15, 0.2) is 11.4 Å². The monoisotopic (exact) mass is 431 g/mol. The lowest BCUT2D eigenvalue weighted by molar-refractivity contribution is 0.0637. The molecule has 2 heterocycles. The van der Waals surface area contributed by atoms with Crippen LogP contribution in [-0.2, 0) is 19.6 Å². The topological polar surface area (TPSA) is 65.8 Å². The van der Waals surface area contributed by atoms with Gasteiger partial charge in [0.2, 0.25) is 5.43 Å². The van der Waals surface area contributed by atoms with Crippen LogP contribution in [0.3, 0.4) is 0 Å². The number of pyridine rings is 1. The van der Waals surface area contributed by atoms with E-state index in [4.69, 9.17) is 0 Å². The molecule has 6 nitrogen and oxygen atoms in total. The van der Waals surface area contributed by atoms with E-state index in [2.05, 4.69) is 47.4 Å². The highest BCUT2D eigenvalue weighted by molar-refractivity contribution is 5.96. The lowest BCUT2D eigenvalue weighted by Crippen LogP contribution is -2.46. The molecule has 0 saturated heterocycles. The summed E-state index contributed by atoms with van der Waals surface area (Å²) in [5, 5.41) is 12.9. The van der Waals surface area contributed by atoms with Crippen LogP contribution in [0.5, 0.6) is 5.75 Å². The summed E-state index contributed by atoms with van der Waals surface area (Å²) in [7, 11) is 0. The van der Waals surface area contributed by atoms with Gasteiger partial charge in [-0.2, -0.15) is 0 Å². The van der Waals surface area contributed by atoms with E-state index in [0.717, 1.165) is 25.1 Å². The summed E-state index contributed by atoms with van der Waals surface area (Å²) in [5.41, 5.74) is 1.71. The first-order valence-corrected chi connectivity index (χ1v) is 11.4. The molecule has 0 spiro atoms. The third kappa shape index (κ3) is 3.69. The van der Waals surface area contributed by atoms with Gasteiger partial charge in [-0.15, -0.1) is 0 Å². The van der Waals surface area contributed by atoms with E-state index in [1.807, 2.05) is 18.4 Å². The van der Waals surface area contributed by atoms with Crippen LogP contribution < -0.4 is 5.43 Å². The third-order valence-corrected chi connectivity index (χ3v) is 6.71. The molecule has 1 aliphatic carbocycles. The van der Waals surface area contributed by atoms with E-state index >= 15 is 0 Å². The minimum Gasteiger partial charge on any atom is -0.503 e. The van der Waals surface area contributed by atoms with Crippen LogP contribution in [0.2, 0.25) is 0 Å². The molecule has 1 amide bonds. The van der Waals surface area contributed by atoms with Gasteiger partial charge in [0, 0.05) is 50.0 Å². The average Bonchev–Trinajstić information content (AvgIpc) is 3.62. The Morgan fingerprint density at radius 1 is 1.03 bits per heavy atom. The predicted octanol–water partition coefficient (Wildman–Crippen LogP) is 3.74. The fourth-order valence-electron chi connectivity index (χ4n) is 4.84. The summed E-state index contributed by atoms with van der Waals surface area (Å²) in [6.45, 7) is 6.41. The Hall–Kier alpha value is -3.12. The quantitative estimate of drug-likeness (QED) is 0.646. The van der Waals surface area contributed by atoms with Gasteiger partial charge in [-0.25, -0.2) is 0 Å². The summed E-state index contributed by atoms with van der Waals surface area (Å²) in [6.07, 6.45) is 2.28. The lowest BCUT2D eigenvalue weighted by Gasteiger charge is -2.35. The van der Waals surface area contributed by atoms with E-state index in [-0.39, 0.29) is 17.6 Å². The van der Waals surface area contributed by atoms with Crippen molar-refractivity contribution in [3.05, 3.63) is 75.7 Å². The molecule has 1 fully saturated rings. The average molecular weight is 432 g/mol. The number of benzene rings is 2. The Labute approximate surface area is 187 Å². The zero-order valence-electron chi connectivity index (χ0n) is 18.6. The zero-order valence-corrected chi connectivity index (χ0v) is 18.6. The van der Waals surface area contributed by atoms with Gasteiger partial charge in [0.05, 0.1) is 0 Å². The Morgan fingerprint density at radius 2 is 1.78 bits per heavy atom. The molecule has 0 atom stereocenters. The minimum absolute atomic E-state index is 0.0173. The summed E-state index contributed by atoms with van der Waals surface area (Å²) in [6, 6.07) is 16.8. The zero-order chi connectivity index (χ0) is 22.4. The Bertz CT molecular complexity index is 1240. The normalized spacial score (nSPS) is 16.2. The van der Waals surface area contributed by atoms with Crippen molar-refractivity contribution in [1.29, 1.82) is 0 Å². The van der Waals surface area contributed by atoms with Gasteiger partial charge in [-0.3, -0.25) is 14.5 Å². The van der Waals surface area contributed by atoms with Crippen LogP contribution in [0.25, 0.3) is 10.8 Å². The molecule has 0 unspecified atom stereocenters. The highest BCUT2D eigenvalue weighted by Gasteiger charge is 2.34. The van der Waals surface area contributed by atoms with Crippen molar-refractivity contribution in [3.63, 3.8) is 0 Å². The number of nitrogens with zero attached hydrogens (tertiary/aromatic N) is 3. The first-order valence-electron chi connectivity index (χ1n) is 11.4. The minimum atomic E-state index is -0.480. The molecule has 2 aromatic carbocycles. The van der Waals surface area contributed by atoms with Crippen LogP contribution in [0.15, 0.2) is 53.3 Å². The van der Waals surface area contributed by atoms with Gasteiger partial charge in [0.25, 0.3) is 5.91 Å². The van der Waals surface area contributed by atoms with Gasteiger partial charge in [-0.05, 0) is 43.0 Å². The molecule has 1 aromatic heterocycles. The summed E-state index contributed by atoms with van der Waals surface area (Å²) in [4.78, 5) is 29.7. The smallest absolute Gasteiger partial charge is 0.274 e. The number of fused-ring (bicyclic) bond motifs is 2. The SMILES string of the molecule is CC(C)N1CCn2c(CN(Cc3cccc4ccccc34)C3CC3)cc(=O)c(O)c2C1=O. The maximum absolute atomic E-state index is 13.0. The van der Waals surface area contributed by atoms with Gasteiger partial charge >= 0.3 is 0 Å². The van der Waals surface area contributed by atoms with Crippen molar-refractivity contribution in [2.45, 2.75) is 58.4 Å². The number of rotatable bonds is 6. The van der Waals surface area contributed by atoms with Crippen molar-refractivity contribution in [3.8, 4) is 5.75 Å². The highest BCUT2D eigenvalue weighted by Crippen LogP contribution is 2.32. The van der Waals surface area contributed by atoms with Crippen LogP contribution in [0.4, 0.5) is 0 Å². The van der Waals surface area contributed by atoms with Crippen molar-refractivity contribution in [2.75, 3.05) is 6.54 Å². The number of hydrogen-bond acceptors (Lipinski definition) is 4. The fourth-order valence-corrected chi connectivity index (χ4v) is 4.84. The van der Waals surface area contributed by atoms with Crippen LogP contribution in [-0.4, -0.2) is 44.0 Å². The molecule has 5 rings (SSSR count). The second kappa shape index (κ2) is 8.10. The standard InChI is InChI=1S/C26H29N3O3/c1-17(2)28-12-13-29-21(14-23(30)25(31)24(29)26(28)32)16-27(20-10-11-20)15-19-8-5-7-18-6-3-4-9-22(18)19/h3-9,14,17,20,31H,10-13,15-16H2,1-2H3. The van der Waals surface area contributed by atoms with E-state index in [0.29, 0.717) is 25.7 Å². The lowest BCUT2D eigenvalue weighted by atomic mass is 10.0. The molecule has 1 aliphatic heterocycles. The van der Waals surface area contributed by atoms with Gasteiger partial charge in [-0.1, -0.05) is 42.5 Å². The highest BCUT2D eigenvalue weighted by atomic mass is 16.3. The van der Waals surface area contributed by atoms with Gasteiger partial charge < -0.3 is 14.6 Å². The molecular weight excluding hydrogens is 402 g/mol. The van der Waals surface area contributed by atoms with Crippen LogP contribution in [0.1, 0.15) is 48.4 Å². The van der Waals surface area contributed by atoms with Crippen molar-refractivity contribution in [1.82, 2.24) is 14.4 Å². The second-order valence-electron chi connectivity index (χ2n) is 9.22. The molecule has 32 heavy (non-hydrogen) atoms. The van der Waals surface area contributed by atoms with Crippen molar-refractivity contribution in [2.24, 2.45) is 0 Å². The molecule has 1 saturated carbocycles.